The number of hydrogen-bond donors (Lipinski definition) is 2. The van der Waals surface area contributed by atoms with E-state index in [0.29, 0.717) is 24.2 Å². The highest BCUT2D eigenvalue weighted by Crippen LogP contribution is 2.46. The molecule has 1 aromatic rings. The molecule has 4 atom stereocenters. The van der Waals surface area contributed by atoms with E-state index in [9.17, 15) is 24.6 Å². The van der Waals surface area contributed by atoms with Crippen LogP contribution < -0.4 is 4.74 Å². The van der Waals surface area contributed by atoms with Gasteiger partial charge in [-0.15, -0.1) is 0 Å². The summed E-state index contributed by atoms with van der Waals surface area (Å²) in [4.78, 5) is 36.7. The van der Waals surface area contributed by atoms with E-state index in [-0.39, 0.29) is 24.2 Å². The van der Waals surface area contributed by atoms with Crippen LogP contribution >= 0.6 is 0 Å². The number of esters is 1. The maximum atomic E-state index is 12.6. The Hall–Kier alpha value is -2.45. The summed E-state index contributed by atoms with van der Waals surface area (Å²) in [5, 5.41) is 20.2. The second-order valence-corrected chi connectivity index (χ2v) is 6.86. The first-order valence-corrected chi connectivity index (χ1v) is 8.84. The van der Waals surface area contributed by atoms with Crippen LogP contribution in [-0.4, -0.2) is 53.2 Å². The Kier molecular flexibility index (Phi) is 5.48. The van der Waals surface area contributed by atoms with Crippen LogP contribution in [0.25, 0.3) is 0 Å². The van der Waals surface area contributed by atoms with E-state index in [1.807, 2.05) is 0 Å². The lowest BCUT2D eigenvalue weighted by molar-refractivity contribution is -0.142. The summed E-state index contributed by atoms with van der Waals surface area (Å²) in [5.74, 6) is -2.23. The topological polar surface area (TPSA) is 123 Å². The lowest BCUT2D eigenvalue weighted by atomic mass is 9.96. The Morgan fingerprint density at radius 3 is 2.63 bits per heavy atom. The predicted octanol–water partition coefficient (Wildman–Crippen LogP) is 1.46. The molecule has 8 heteroatoms. The van der Waals surface area contributed by atoms with Crippen LogP contribution in [0.15, 0.2) is 12.1 Å². The van der Waals surface area contributed by atoms with Gasteiger partial charge in [0.05, 0.1) is 19.3 Å². The second kappa shape index (κ2) is 7.66. The lowest BCUT2D eigenvalue weighted by Gasteiger charge is -2.17. The molecule has 0 spiro atoms. The van der Waals surface area contributed by atoms with Gasteiger partial charge in [0.25, 0.3) is 0 Å². The Morgan fingerprint density at radius 1 is 1.19 bits per heavy atom. The first kappa shape index (κ1) is 19.3. The number of methoxy groups -OCH3 is 1. The minimum atomic E-state index is -1.36. The summed E-state index contributed by atoms with van der Waals surface area (Å²) in [5.41, 5.74) is 0.304. The number of hydrogen-bond acceptors (Lipinski definition) is 8. The normalized spacial score (nSPS) is 29.2. The number of carbonyl (C=O) groups excluding carboxylic acids is 3. The number of ketones is 2. The molecule has 0 amide bonds. The maximum Gasteiger partial charge on any atom is 0.342 e. The highest BCUT2D eigenvalue weighted by molar-refractivity contribution is 6.38. The van der Waals surface area contributed by atoms with Crippen molar-refractivity contribution >= 4 is 17.5 Å². The number of ether oxygens (including phenoxy) is 3. The molecule has 2 aliphatic heterocycles. The fraction of sp³-hybridized carbons (Fsp3) is 0.526. The smallest absolute Gasteiger partial charge is 0.342 e. The third-order valence-corrected chi connectivity index (χ3v) is 4.81. The number of benzene rings is 1. The Morgan fingerprint density at radius 2 is 1.93 bits per heavy atom. The predicted molar refractivity (Wildman–Crippen MR) is 91.6 cm³/mol. The molecule has 146 valence electrons. The van der Waals surface area contributed by atoms with Gasteiger partial charge in [-0.05, 0) is 32.3 Å². The summed E-state index contributed by atoms with van der Waals surface area (Å²) in [6.07, 6.45) is -2.42. The Bertz CT molecular complexity index is 771. The summed E-state index contributed by atoms with van der Waals surface area (Å²) < 4.78 is 16.0. The zero-order valence-electron chi connectivity index (χ0n) is 15.1. The molecule has 0 saturated carbocycles. The van der Waals surface area contributed by atoms with Crippen molar-refractivity contribution in [1.29, 1.82) is 0 Å². The molecule has 2 heterocycles. The van der Waals surface area contributed by atoms with Crippen LogP contribution in [-0.2, 0) is 19.1 Å². The second-order valence-electron chi connectivity index (χ2n) is 6.86. The van der Waals surface area contributed by atoms with Gasteiger partial charge in [0.15, 0.2) is 0 Å². The molecular weight excluding hydrogens is 356 g/mol. The van der Waals surface area contributed by atoms with Gasteiger partial charge in [-0.25, -0.2) is 4.79 Å². The molecule has 0 aromatic heterocycles. The van der Waals surface area contributed by atoms with Crippen molar-refractivity contribution in [1.82, 2.24) is 0 Å². The minimum Gasteiger partial charge on any atom is -0.507 e. The van der Waals surface area contributed by atoms with E-state index in [0.717, 1.165) is 0 Å². The van der Waals surface area contributed by atoms with Crippen LogP contribution in [0.4, 0.5) is 0 Å². The van der Waals surface area contributed by atoms with Crippen molar-refractivity contribution in [2.24, 2.45) is 0 Å². The number of fused-ring (bicyclic) bond motifs is 3. The zero-order chi connectivity index (χ0) is 19.7. The number of cyclic esters (lactones) is 1. The molecule has 0 aliphatic carbocycles. The van der Waals surface area contributed by atoms with Gasteiger partial charge < -0.3 is 24.4 Å². The molecule has 1 aromatic carbocycles. The van der Waals surface area contributed by atoms with Crippen molar-refractivity contribution in [3.63, 3.8) is 0 Å². The van der Waals surface area contributed by atoms with Crippen LogP contribution in [0, 0.1) is 0 Å². The number of rotatable bonds is 1. The van der Waals surface area contributed by atoms with E-state index in [1.165, 1.54) is 13.2 Å². The summed E-state index contributed by atoms with van der Waals surface area (Å²) in [6.45, 7) is 1.68. The van der Waals surface area contributed by atoms with Crippen molar-refractivity contribution < 1.29 is 38.8 Å². The minimum absolute atomic E-state index is 0.0361. The standard InChI is InChI=1S/C19H22O8/c1-9-4-3-5-12(20)17(23)14(22)8-15-18(27-15)11-6-10(25-2)7-13(21)16(11)19(24)26-9/h6-7,9,12,15,18,20-21H,3-5,8H2,1-2H3/t9-,12?,15+,18+/m0/s1. The molecule has 0 bridgehead atoms. The van der Waals surface area contributed by atoms with Crippen molar-refractivity contribution in [3.05, 3.63) is 23.3 Å². The Balaban J connectivity index is 1.96. The van der Waals surface area contributed by atoms with Crippen LogP contribution in [0.1, 0.15) is 54.6 Å². The molecule has 2 aliphatic rings. The number of aromatic hydroxyl groups is 1. The average Bonchev–Trinajstić information content (AvgIpc) is 3.38. The van der Waals surface area contributed by atoms with E-state index in [1.54, 1.807) is 13.0 Å². The van der Waals surface area contributed by atoms with Crippen molar-refractivity contribution in [2.75, 3.05) is 7.11 Å². The summed E-state index contributed by atoms with van der Waals surface area (Å²) in [7, 11) is 1.42. The van der Waals surface area contributed by atoms with E-state index < -0.39 is 42.0 Å². The number of phenolic OH excluding ortho intramolecular Hbond substituents is 1. The van der Waals surface area contributed by atoms with E-state index in [2.05, 4.69) is 0 Å². The number of aliphatic hydroxyl groups excluding tert-OH is 1. The van der Waals surface area contributed by atoms with Gasteiger partial charge in [-0.3, -0.25) is 9.59 Å². The molecule has 1 saturated heterocycles. The quantitative estimate of drug-likeness (QED) is 0.428. The van der Waals surface area contributed by atoms with E-state index in [4.69, 9.17) is 14.2 Å². The molecule has 27 heavy (non-hydrogen) atoms. The molecular formula is C19H22O8. The maximum absolute atomic E-state index is 12.6. The summed E-state index contributed by atoms with van der Waals surface area (Å²) >= 11 is 0. The number of Topliss-reactive ketones (excluding diaryl/α,β-unsaturated/α-hetero) is 2. The average molecular weight is 378 g/mol. The molecule has 0 radical (unpaired) electrons. The fourth-order valence-electron chi connectivity index (χ4n) is 3.26. The molecule has 8 nitrogen and oxygen atoms in total. The third kappa shape index (κ3) is 4.12. The lowest BCUT2D eigenvalue weighted by Crippen LogP contribution is -2.29. The molecule has 1 fully saturated rings. The monoisotopic (exact) mass is 378 g/mol. The highest BCUT2D eigenvalue weighted by atomic mass is 16.6. The van der Waals surface area contributed by atoms with Crippen molar-refractivity contribution in [3.8, 4) is 11.5 Å². The van der Waals surface area contributed by atoms with Gasteiger partial charge in [-0.2, -0.15) is 0 Å². The number of phenols is 1. The van der Waals surface area contributed by atoms with Crippen LogP contribution in [0.2, 0.25) is 0 Å². The number of aliphatic hydroxyl groups is 1. The van der Waals surface area contributed by atoms with Gasteiger partial charge in [0, 0.05) is 18.1 Å². The largest absolute Gasteiger partial charge is 0.507 e. The van der Waals surface area contributed by atoms with Crippen molar-refractivity contribution in [2.45, 2.75) is 57.0 Å². The Labute approximate surface area is 156 Å². The molecule has 3 rings (SSSR count). The first-order chi connectivity index (χ1) is 12.8. The molecule has 1 unspecified atom stereocenters. The van der Waals surface area contributed by atoms with Crippen LogP contribution in [0.3, 0.4) is 0 Å². The fourth-order valence-corrected chi connectivity index (χ4v) is 3.26. The third-order valence-electron chi connectivity index (χ3n) is 4.81. The van der Waals surface area contributed by atoms with Gasteiger partial charge in [-0.1, -0.05) is 0 Å². The molecule has 2 N–H and O–H groups in total. The SMILES string of the molecule is COc1cc(O)c2c(c1)[C@H]1O[C@@H]1CC(=O)C(=O)C(O)CCC[C@H](C)OC2=O. The van der Waals surface area contributed by atoms with Gasteiger partial charge in [0.1, 0.15) is 29.3 Å². The van der Waals surface area contributed by atoms with E-state index >= 15 is 0 Å². The summed E-state index contributed by atoms with van der Waals surface area (Å²) in [6, 6.07) is 2.84. The van der Waals surface area contributed by atoms with Gasteiger partial charge >= 0.3 is 5.97 Å². The zero-order valence-corrected chi connectivity index (χ0v) is 15.1. The number of carbonyl (C=O) groups is 3. The highest BCUT2D eigenvalue weighted by Gasteiger charge is 2.46. The number of epoxide rings is 1. The van der Waals surface area contributed by atoms with Gasteiger partial charge in [0.2, 0.25) is 11.6 Å². The first-order valence-electron chi connectivity index (χ1n) is 8.84. The van der Waals surface area contributed by atoms with Crippen LogP contribution in [0.5, 0.6) is 11.5 Å².